The third-order valence-corrected chi connectivity index (χ3v) is 3.49. The zero-order chi connectivity index (χ0) is 15.5. The molecular weight excluding hydrogens is 279 g/mol. The number of aliphatic carboxylic acids is 1. The molecule has 0 spiro atoms. The Morgan fingerprint density at radius 1 is 1.29 bits per heavy atom. The summed E-state index contributed by atoms with van der Waals surface area (Å²) >= 11 is 0. The van der Waals surface area contributed by atoms with Crippen LogP contribution in [-0.2, 0) is 9.59 Å². The van der Waals surface area contributed by atoms with E-state index in [-0.39, 0.29) is 12.1 Å². The van der Waals surface area contributed by atoms with Crippen LogP contribution in [0.4, 0.5) is 4.39 Å². The monoisotopic (exact) mass is 294 g/mol. The van der Waals surface area contributed by atoms with Crippen molar-refractivity contribution in [3.8, 4) is 0 Å². The number of hydrogen-bond acceptors (Lipinski definition) is 3. The SMILES string of the molecule is O=C(CNC(=O)c1cccc(F)c1)NC1(C(=O)O)CCC1. The maximum Gasteiger partial charge on any atom is 0.329 e. The first kappa shape index (κ1) is 15.0. The van der Waals surface area contributed by atoms with E-state index in [1.54, 1.807) is 0 Å². The highest BCUT2D eigenvalue weighted by Gasteiger charge is 2.45. The van der Waals surface area contributed by atoms with E-state index < -0.39 is 29.1 Å². The largest absolute Gasteiger partial charge is 0.480 e. The smallest absolute Gasteiger partial charge is 0.329 e. The molecular formula is C14H15FN2O4. The van der Waals surface area contributed by atoms with Crippen molar-refractivity contribution in [3.63, 3.8) is 0 Å². The van der Waals surface area contributed by atoms with E-state index in [0.717, 1.165) is 12.5 Å². The van der Waals surface area contributed by atoms with Gasteiger partial charge in [0, 0.05) is 5.56 Å². The molecule has 1 aliphatic rings. The van der Waals surface area contributed by atoms with Crippen molar-refractivity contribution in [1.29, 1.82) is 0 Å². The Morgan fingerprint density at radius 2 is 2.00 bits per heavy atom. The van der Waals surface area contributed by atoms with Crippen molar-refractivity contribution in [2.75, 3.05) is 6.54 Å². The van der Waals surface area contributed by atoms with Gasteiger partial charge in [0.05, 0.1) is 6.54 Å². The van der Waals surface area contributed by atoms with Gasteiger partial charge >= 0.3 is 5.97 Å². The number of nitrogens with one attached hydrogen (secondary N) is 2. The van der Waals surface area contributed by atoms with Gasteiger partial charge in [0.25, 0.3) is 5.91 Å². The van der Waals surface area contributed by atoms with Crippen LogP contribution in [-0.4, -0.2) is 35.0 Å². The molecule has 0 bridgehead atoms. The van der Waals surface area contributed by atoms with E-state index in [2.05, 4.69) is 10.6 Å². The lowest BCUT2D eigenvalue weighted by molar-refractivity contribution is -0.151. The van der Waals surface area contributed by atoms with Crippen LogP contribution in [0.25, 0.3) is 0 Å². The summed E-state index contributed by atoms with van der Waals surface area (Å²) in [7, 11) is 0. The molecule has 21 heavy (non-hydrogen) atoms. The average molecular weight is 294 g/mol. The summed E-state index contributed by atoms with van der Waals surface area (Å²) in [6, 6.07) is 5.06. The first-order valence-electron chi connectivity index (χ1n) is 6.51. The quantitative estimate of drug-likeness (QED) is 0.744. The van der Waals surface area contributed by atoms with E-state index in [9.17, 15) is 18.8 Å². The fraction of sp³-hybridized carbons (Fsp3) is 0.357. The van der Waals surface area contributed by atoms with Gasteiger partial charge in [-0.2, -0.15) is 0 Å². The molecule has 1 aromatic rings. The molecule has 2 rings (SSSR count). The second-order valence-electron chi connectivity index (χ2n) is 4.98. The van der Waals surface area contributed by atoms with Crippen LogP contribution < -0.4 is 10.6 Å². The summed E-state index contributed by atoms with van der Waals surface area (Å²) in [5, 5.41) is 13.8. The molecule has 2 amide bonds. The van der Waals surface area contributed by atoms with E-state index in [4.69, 9.17) is 5.11 Å². The topological polar surface area (TPSA) is 95.5 Å². The van der Waals surface area contributed by atoms with Crippen LogP contribution in [0, 0.1) is 5.82 Å². The van der Waals surface area contributed by atoms with Gasteiger partial charge < -0.3 is 15.7 Å². The number of carbonyl (C=O) groups is 3. The fourth-order valence-electron chi connectivity index (χ4n) is 2.13. The number of benzene rings is 1. The molecule has 0 aliphatic heterocycles. The van der Waals surface area contributed by atoms with Gasteiger partial charge in [-0.1, -0.05) is 6.07 Å². The first-order valence-corrected chi connectivity index (χ1v) is 6.51. The molecule has 112 valence electrons. The summed E-state index contributed by atoms with van der Waals surface area (Å²) in [6.45, 7) is -0.357. The number of carbonyl (C=O) groups excluding carboxylic acids is 2. The molecule has 0 radical (unpaired) electrons. The van der Waals surface area contributed by atoms with Gasteiger partial charge in [-0.25, -0.2) is 9.18 Å². The third-order valence-electron chi connectivity index (χ3n) is 3.49. The zero-order valence-electron chi connectivity index (χ0n) is 11.2. The lowest BCUT2D eigenvalue weighted by atomic mass is 9.77. The lowest BCUT2D eigenvalue weighted by Crippen LogP contribution is -2.60. The maximum absolute atomic E-state index is 13.0. The first-order chi connectivity index (χ1) is 9.93. The molecule has 1 aromatic carbocycles. The van der Waals surface area contributed by atoms with Crippen molar-refractivity contribution in [2.45, 2.75) is 24.8 Å². The number of halogens is 1. The molecule has 0 unspecified atom stereocenters. The molecule has 1 fully saturated rings. The van der Waals surface area contributed by atoms with Gasteiger partial charge in [0.1, 0.15) is 11.4 Å². The Hall–Kier alpha value is -2.44. The number of carboxylic acids is 1. The van der Waals surface area contributed by atoms with Crippen molar-refractivity contribution in [1.82, 2.24) is 10.6 Å². The molecule has 7 heteroatoms. The molecule has 1 saturated carbocycles. The van der Waals surface area contributed by atoms with Crippen molar-refractivity contribution >= 4 is 17.8 Å². The Balaban J connectivity index is 1.87. The molecule has 6 nitrogen and oxygen atoms in total. The van der Waals surface area contributed by atoms with Crippen molar-refractivity contribution in [3.05, 3.63) is 35.6 Å². The number of rotatable bonds is 5. The molecule has 1 aliphatic carbocycles. The Morgan fingerprint density at radius 3 is 2.52 bits per heavy atom. The second-order valence-corrected chi connectivity index (χ2v) is 4.98. The molecule has 0 aromatic heterocycles. The van der Waals surface area contributed by atoms with Crippen LogP contribution in [0.15, 0.2) is 24.3 Å². The van der Waals surface area contributed by atoms with Crippen molar-refractivity contribution in [2.24, 2.45) is 0 Å². The normalized spacial score (nSPS) is 15.7. The highest BCUT2D eigenvalue weighted by molar-refractivity contribution is 5.97. The van der Waals surface area contributed by atoms with Crippen molar-refractivity contribution < 1.29 is 23.9 Å². The lowest BCUT2D eigenvalue weighted by Gasteiger charge is -2.38. The van der Waals surface area contributed by atoms with Gasteiger partial charge in [0.2, 0.25) is 5.91 Å². The number of hydrogen-bond donors (Lipinski definition) is 3. The summed E-state index contributed by atoms with van der Waals surface area (Å²) in [5.41, 5.74) is -1.11. The van der Waals surface area contributed by atoms with Gasteiger partial charge in [-0.3, -0.25) is 9.59 Å². The van der Waals surface area contributed by atoms with E-state index in [1.165, 1.54) is 18.2 Å². The van der Waals surface area contributed by atoms with E-state index in [1.807, 2.05) is 0 Å². The minimum absolute atomic E-state index is 0.0967. The second kappa shape index (κ2) is 5.90. The third kappa shape index (κ3) is 3.36. The number of amides is 2. The Labute approximate surface area is 120 Å². The predicted octanol–water partition coefficient (Wildman–Crippen LogP) is 0.679. The van der Waals surface area contributed by atoms with Crippen LogP contribution in [0.3, 0.4) is 0 Å². The highest BCUT2D eigenvalue weighted by atomic mass is 19.1. The average Bonchev–Trinajstić information content (AvgIpc) is 2.39. The summed E-state index contributed by atoms with van der Waals surface area (Å²) in [4.78, 5) is 34.5. The summed E-state index contributed by atoms with van der Waals surface area (Å²) < 4.78 is 13.0. The van der Waals surface area contributed by atoms with Crippen LogP contribution in [0.1, 0.15) is 29.6 Å². The molecule has 3 N–H and O–H groups in total. The number of carboxylic acid groups (broad SMARTS) is 1. The van der Waals surface area contributed by atoms with E-state index >= 15 is 0 Å². The molecule has 0 heterocycles. The molecule has 0 saturated heterocycles. The van der Waals surface area contributed by atoms with Crippen LogP contribution in [0.5, 0.6) is 0 Å². The zero-order valence-corrected chi connectivity index (χ0v) is 11.2. The fourth-order valence-corrected chi connectivity index (χ4v) is 2.13. The van der Waals surface area contributed by atoms with Crippen LogP contribution in [0.2, 0.25) is 0 Å². The molecule has 0 atom stereocenters. The maximum atomic E-state index is 13.0. The standard InChI is InChI=1S/C14H15FN2O4/c15-10-4-1-3-9(7-10)12(19)16-8-11(18)17-14(13(20)21)5-2-6-14/h1,3-4,7H,2,5-6,8H2,(H,16,19)(H,17,18)(H,20,21). The van der Waals surface area contributed by atoms with Gasteiger partial charge in [0.15, 0.2) is 0 Å². The Kier molecular flexibility index (Phi) is 4.21. The van der Waals surface area contributed by atoms with Gasteiger partial charge in [-0.15, -0.1) is 0 Å². The summed E-state index contributed by atoms with van der Waals surface area (Å²) in [6.07, 6.45) is 1.50. The van der Waals surface area contributed by atoms with Gasteiger partial charge in [-0.05, 0) is 37.5 Å². The summed E-state index contributed by atoms with van der Waals surface area (Å²) in [5.74, 6) is -2.80. The predicted molar refractivity (Wildman–Crippen MR) is 71.1 cm³/mol. The minimum atomic E-state index is -1.21. The van der Waals surface area contributed by atoms with Crippen LogP contribution >= 0.6 is 0 Å². The Bertz CT molecular complexity index is 584. The highest BCUT2D eigenvalue weighted by Crippen LogP contribution is 2.31. The minimum Gasteiger partial charge on any atom is -0.480 e. The van der Waals surface area contributed by atoms with E-state index in [0.29, 0.717) is 12.8 Å².